The topological polar surface area (TPSA) is 230 Å². The molecule has 2 aliphatic rings. The van der Waals surface area contributed by atoms with Crippen LogP contribution in [0.3, 0.4) is 0 Å². The number of nitro groups is 4. The molecule has 3 aromatic heterocycles. The van der Waals surface area contributed by atoms with Crippen molar-refractivity contribution >= 4 is 62.6 Å². The summed E-state index contributed by atoms with van der Waals surface area (Å²) in [5, 5.41) is 49.3. The molecule has 1 aromatic carbocycles. The molecule has 0 aliphatic carbocycles. The van der Waals surface area contributed by atoms with Crippen molar-refractivity contribution in [2.45, 2.75) is 0 Å². The second-order valence-corrected chi connectivity index (χ2v) is 9.02. The third-order valence-corrected chi connectivity index (χ3v) is 6.48. The molecule has 8 bridgehead atoms. The Bertz CT molecular complexity index is 2120. The quantitative estimate of drug-likeness (QED) is 0.144. The molecular formula is C26H14FeN8O8+2. The Balaban J connectivity index is 0.00000368. The number of hydrogen-bond donors (Lipinski definition) is 2. The smallest absolute Gasteiger partial charge is 0.355 e. The van der Waals surface area contributed by atoms with Gasteiger partial charge < -0.3 is 9.97 Å². The molecule has 0 saturated carbocycles. The van der Waals surface area contributed by atoms with Crippen LogP contribution in [0.4, 0.5) is 17.1 Å². The van der Waals surface area contributed by atoms with E-state index in [1.165, 1.54) is 12.1 Å². The molecule has 16 nitrogen and oxygen atoms in total. The first-order valence-corrected chi connectivity index (χ1v) is 12.0. The van der Waals surface area contributed by atoms with Gasteiger partial charge in [-0.15, -0.1) is 0 Å². The summed E-state index contributed by atoms with van der Waals surface area (Å²) in [6.07, 6.45) is 3.10. The molecule has 0 spiro atoms. The van der Waals surface area contributed by atoms with E-state index in [1.807, 2.05) is 0 Å². The number of nitrogens with one attached hydrogen (secondary N) is 2. The molecular weight excluding hydrogens is 608 g/mol. The third-order valence-electron chi connectivity index (χ3n) is 6.48. The predicted molar refractivity (Wildman–Crippen MR) is 149 cm³/mol. The van der Waals surface area contributed by atoms with Gasteiger partial charge in [0.25, 0.3) is 0 Å². The van der Waals surface area contributed by atoms with Crippen LogP contribution >= 0.6 is 0 Å². The Hall–Kier alpha value is -6.06. The molecule has 0 radical (unpaired) electrons. The van der Waals surface area contributed by atoms with Crippen molar-refractivity contribution in [2.24, 2.45) is 0 Å². The van der Waals surface area contributed by atoms with E-state index in [1.54, 1.807) is 54.6 Å². The van der Waals surface area contributed by atoms with Gasteiger partial charge in [-0.2, -0.15) is 0 Å². The van der Waals surface area contributed by atoms with Crippen molar-refractivity contribution in [1.29, 1.82) is 0 Å². The second kappa shape index (κ2) is 10.7. The monoisotopic (exact) mass is 622 g/mol. The molecule has 2 aliphatic heterocycles. The molecule has 0 amide bonds. The Morgan fingerprint density at radius 3 is 1.84 bits per heavy atom. The average molecular weight is 622 g/mol. The maximum Gasteiger partial charge on any atom is 2.00 e. The van der Waals surface area contributed by atoms with Crippen LogP contribution in [-0.4, -0.2) is 39.6 Å². The molecule has 5 heterocycles. The largest absolute Gasteiger partial charge is 2.00 e. The van der Waals surface area contributed by atoms with Crippen LogP contribution in [0.1, 0.15) is 28.3 Å². The molecule has 0 saturated heterocycles. The number of fused-ring (bicyclic) bond motifs is 8. The zero-order valence-corrected chi connectivity index (χ0v) is 22.3. The Morgan fingerprint density at radius 1 is 0.628 bits per heavy atom. The van der Waals surface area contributed by atoms with Gasteiger partial charge in [-0.05, 0) is 48.0 Å². The first-order valence-electron chi connectivity index (χ1n) is 12.0. The summed E-state index contributed by atoms with van der Waals surface area (Å²) >= 11 is 0. The number of aromatic nitrogens is 4. The van der Waals surface area contributed by atoms with Crippen LogP contribution in [0.2, 0.25) is 0 Å². The molecule has 2 N–H and O–H groups in total. The van der Waals surface area contributed by atoms with E-state index in [2.05, 4.69) is 19.9 Å². The normalized spacial score (nSPS) is 12.1. The van der Waals surface area contributed by atoms with Gasteiger partial charge in [-0.1, -0.05) is 30.3 Å². The summed E-state index contributed by atoms with van der Waals surface area (Å²) in [7, 11) is 0. The molecule has 6 rings (SSSR count). The predicted octanol–water partition coefficient (Wildman–Crippen LogP) is 5.40. The Labute approximate surface area is 248 Å². The molecule has 17 heteroatoms. The average Bonchev–Trinajstić information content (AvgIpc) is 3.71. The Kier molecular flexibility index (Phi) is 7.10. The van der Waals surface area contributed by atoms with Crippen molar-refractivity contribution in [2.75, 3.05) is 0 Å². The zero-order valence-electron chi connectivity index (χ0n) is 21.2. The number of benzene rings is 1. The van der Waals surface area contributed by atoms with E-state index in [-0.39, 0.29) is 34.0 Å². The van der Waals surface area contributed by atoms with E-state index in [4.69, 9.17) is 0 Å². The van der Waals surface area contributed by atoms with E-state index < -0.39 is 59.2 Å². The first kappa shape index (κ1) is 28.5. The van der Waals surface area contributed by atoms with Crippen LogP contribution < -0.4 is 0 Å². The van der Waals surface area contributed by atoms with Gasteiger partial charge in [0, 0.05) is 11.0 Å². The minimum atomic E-state index is -1.25. The number of rotatable bonds is 5. The molecule has 0 unspecified atom stereocenters. The number of aromatic amines is 2. The van der Waals surface area contributed by atoms with Crippen LogP contribution in [0.15, 0.2) is 60.7 Å². The van der Waals surface area contributed by atoms with Gasteiger partial charge in [0.05, 0.1) is 42.3 Å². The fourth-order valence-corrected chi connectivity index (χ4v) is 4.85. The van der Waals surface area contributed by atoms with Crippen molar-refractivity contribution < 1.29 is 36.8 Å². The van der Waals surface area contributed by atoms with Crippen LogP contribution in [0, 0.1) is 40.5 Å². The van der Waals surface area contributed by atoms with E-state index >= 15 is 0 Å². The van der Waals surface area contributed by atoms with Crippen molar-refractivity contribution in [3.63, 3.8) is 0 Å². The molecule has 4 aromatic rings. The Morgan fingerprint density at radius 2 is 1.23 bits per heavy atom. The zero-order chi connectivity index (χ0) is 29.7. The van der Waals surface area contributed by atoms with Crippen LogP contribution in [0.5, 0.6) is 0 Å². The minimum Gasteiger partial charge on any atom is -0.355 e. The molecule has 0 atom stereocenters. The SMILES string of the molecule is O=[N+]([O-])C1=C(c2ccccc2)c2cc3ccc(cc4nc(cc5[nH]c(c([N+](=O)[O-])c1n2)c([N+](=O)[O-])c5[N+](=O)[O-])C=C4)[nH]3.[Fe+2]. The number of H-pyrrole nitrogens is 2. The standard InChI is InChI=1S/C26H14N8O8.Fe/c35-31(36)23-19-12-17-9-7-15(28-17)10-14-6-8-16(27-14)11-18-20(13-4-2-1-3-5-13)24(32(37)38)21(29-18)25(33(39)40)22(30-19)26(23)34(41)42;/h1-12,27,30H;/q;+2. The van der Waals surface area contributed by atoms with E-state index in [0.29, 0.717) is 22.3 Å². The second-order valence-electron chi connectivity index (χ2n) is 9.02. The molecule has 0 fully saturated rings. The maximum atomic E-state index is 12.5. The van der Waals surface area contributed by atoms with Crippen LogP contribution in [0.25, 0.3) is 45.5 Å². The summed E-state index contributed by atoms with van der Waals surface area (Å²) in [5.41, 5.74) is -4.75. The van der Waals surface area contributed by atoms with Crippen molar-refractivity contribution in [3.8, 4) is 0 Å². The third kappa shape index (κ3) is 4.90. The summed E-state index contributed by atoms with van der Waals surface area (Å²) in [6.45, 7) is 0. The van der Waals surface area contributed by atoms with Gasteiger partial charge in [0.1, 0.15) is 5.52 Å². The summed E-state index contributed by atoms with van der Waals surface area (Å²) in [5.74, 6) is 0. The van der Waals surface area contributed by atoms with Crippen LogP contribution in [-0.2, 0) is 17.1 Å². The minimum absolute atomic E-state index is 0. The summed E-state index contributed by atoms with van der Waals surface area (Å²) in [6, 6.07) is 15.6. The summed E-state index contributed by atoms with van der Waals surface area (Å²) in [4.78, 5) is 59.2. The number of nitrogens with zero attached hydrogens (tertiary/aromatic N) is 6. The maximum absolute atomic E-state index is 12.5. The van der Waals surface area contributed by atoms with Gasteiger partial charge in [0.15, 0.2) is 0 Å². The van der Waals surface area contributed by atoms with E-state index in [0.717, 1.165) is 6.07 Å². The van der Waals surface area contributed by atoms with Gasteiger partial charge in [0.2, 0.25) is 11.2 Å². The number of hydrogen-bond acceptors (Lipinski definition) is 10. The van der Waals surface area contributed by atoms with E-state index in [9.17, 15) is 40.5 Å². The molecule has 43 heavy (non-hydrogen) atoms. The van der Waals surface area contributed by atoms with Gasteiger partial charge in [-0.3, -0.25) is 40.5 Å². The fourth-order valence-electron chi connectivity index (χ4n) is 4.85. The van der Waals surface area contributed by atoms with Gasteiger partial charge in [-0.25, -0.2) is 9.97 Å². The fraction of sp³-hybridized carbons (Fsp3) is 0. The molecule has 212 valence electrons. The first-order chi connectivity index (χ1) is 20.1. The van der Waals surface area contributed by atoms with Gasteiger partial charge >= 0.3 is 39.8 Å². The van der Waals surface area contributed by atoms with Crippen molar-refractivity contribution in [3.05, 3.63) is 129 Å². The summed E-state index contributed by atoms with van der Waals surface area (Å²) < 4.78 is 0. The van der Waals surface area contributed by atoms with Crippen molar-refractivity contribution in [1.82, 2.24) is 19.9 Å².